The fourth-order valence-corrected chi connectivity index (χ4v) is 5.70. The number of anilines is 2. The highest BCUT2D eigenvalue weighted by Gasteiger charge is 2.41. The van der Waals surface area contributed by atoms with E-state index in [2.05, 4.69) is 10.6 Å². The minimum atomic E-state index is -1.04. The van der Waals surface area contributed by atoms with E-state index in [4.69, 9.17) is 19.7 Å². The molecule has 1 aliphatic carbocycles. The third kappa shape index (κ3) is 4.72. The van der Waals surface area contributed by atoms with Crippen LogP contribution in [0.2, 0.25) is 0 Å². The highest BCUT2D eigenvalue weighted by molar-refractivity contribution is 7.21. The molecule has 1 saturated carbocycles. The van der Waals surface area contributed by atoms with E-state index in [-0.39, 0.29) is 6.61 Å². The van der Waals surface area contributed by atoms with E-state index in [1.54, 1.807) is 18.4 Å². The lowest BCUT2D eigenvalue weighted by Crippen LogP contribution is -2.35. The SMILES string of the molecule is COc1ccccc1CNc1nc(C)c(-c2nc3ccccc3s2)c(N[C@@H]2C[C@H](CO)[C@@H](O)[C@H]2O)n1. The number of hydrogen-bond donors (Lipinski definition) is 5. The maximum atomic E-state index is 10.6. The van der Waals surface area contributed by atoms with Gasteiger partial charge in [-0.15, -0.1) is 11.3 Å². The molecule has 0 aliphatic heterocycles. The van der Waals surface area contributed by atoms with Crippen LogP contribution in [-0.4, -0.2) is 62.2 Å². The van der Waals surface area contributed by atoms with Crippen LogP contribution in [-0.2, 0) is 6.54 Å². The van der Waals surface area contributed by atoms with Crippen molar-refractivity contribution < 1.29 is 20.1 Å². The average Bonchev–Trinajstić information content (AvgIpc) is 3.43. The van der Waals surface area contributed by atoms with Crippen LogP contribution in [0.5, 0.6) is 5.75 Å². The first-order valence-corrected chi connectivity index (χ1v) is 12.6. The van der Waals surface area contributed by atoms with Gasteiger partial charge >= 0.3 is 0 Å². The van der Waals surface area contributed by atoms with Crippen molar-refractivity contribution in [1.82, 2.24) is 15.0 Å². The number of nitrogens with zero attached hydrogens (tertiary/aromatic N) is 3. The van der Waals surface area contributed by atoms with Crippen LogP contribution in [0.1, 0.15) is 17.7 Å². The molecule has 188 valence electrons. The fourth-order valence-electron chi connectivity index (χ4n) is 4.64. The average molecular weight is 508 g/mol. The van der Waals surface area contributed by atoms with Crippen molar-refractivity contribution >= 4 is 33.3 Å². The molecule has 10 heteroatoms. The zero-order chi connectivity index (χ0) is 25.2. The Kier molecular flexibility index (Phi) is 7.01. The number of ether oxygens (including phenoxy) is 1. The predicted molar refractivity (Wildman–Crippen MR) is 140 cm³/mol. The lowest BCUT2D eigenvalue weighted by Gasteiger charge is -2.21. The molecule has 0 spiro atoms. The zero-order valence-corrected chi connectivity index (χ0v) is 20.9. The molecule has 5 rings (SSSR count). The van der Waals surface area contributed by atoms with Gasteiger partial charge in [0.25, 0.3) is 0 Å². The van der Waals surface area contributed by atoms with Gasteiger partial charge in [0.05, 0.1) is 40.7 Å². The Balaban J connectivity index is 1.51. The van der Waals surface area contributed by atoms with Gasteiger partial charge < -0.3 is 30.7 Å². The van der Waals surface area contributed by atoms with Crippen molar-refractivity contribution in [2.75, 3.05) is 24.4 Å². The fraction of sp³-hybridized carbons (Fsp3) is 0.346. The van der Waals surface area contributed by atoms with Gasteiger partial charge in [0.15, 0.2) is 0 Å². The summed E-state index contributed by atoms with van der Waals surface area (Å²) in [5.41, 5.74) is 3.32. The van der Waals surface area contributed by atoms with E-state index >= 15 is 0 Å². The number of methoxy groups -OCH3 is 1. The van der Waals surface area contributed by atoms with Gasteiger partial charge in [0.2, 0.25) is 5.95 Å². The van der Waals surface area contributed by atoms with E-state index in [1.807, 2.05) is 55.5 Å². The lowest BCUT2D eigenvalue weighted by molar-refractivity contribution is 0.00446. The second-order valence-corrected chi connectivity index (χ2v) is 9.95. The summed E-state index contributed by atoms with van der Waals surface area (Å²) in [6, 6.07) is 15.2. The molecule has 36 heavy (non-hydrogen) atoms. The van der Waals surface area contributed by atoms with Crippen molar-refractivity contribution in [3.63, 3.8) is 0 Å². The first-order chi connectivity index (χ1) is 17.5. The number of thiazole rings is 1. The number of aryl methyl sites for hydroxylation is 1. The van der Waals surface area contributed by atoms with Gasteiger partial charge in [0.1, 0.15) is 22.7 Å². The van der Waals surface area contributed by atoms with E-state index < -0.39 is 24.2 Å². The van der Waals surface area contributed by atoms with Crippen molar-refractivity contribution in [2.24, 2.45) is 5.92 Å². The normalized spacial score (nSPS) is 21.6. The van der Waals surface area contributed by atoms with E-state index in [0.29, 0.717) is 24.7 Å². The Morgan fingerprint density at radius 3 is 2.56 bits per heavy atom. The third-order valence-corrected chi connectivity index (χ3v) is 7.64. The molecule has 4 atom stereocenters. The van der Waals surface area contributed by atoms with Crippen LogP contribution in [0.25, 0.3) is 20.8 Å². The predicted octanol–water partition coefficient (Wildman–Crippen LogP) is 3.20. The number of aliphatic hydroxyl groups excluding tert-OH is 3. The molecule has 0 bridgehead atoms. The van der Waals surface area contributed by atoms with Crippen LogP contribution >= 0.6 is 11.3 Å². The smallest absolute Gasteiger partial charge is 0.225 e. The summed E-state index contributed by atoms with van der Waals surface area (Å²) in [5, 5.41) is 37.9. The van der Waals surface area contributed by atoms with Gasteiger partial charge in [-0.25, -0.2) is 9.97 Å². The summed E-state index contributed by atoms with van der Waals surface area (Å²) in [5.74, 6) is 1.29. The topological polar surface area (TPSA) is 133 Å². The number of hydrogen-bond acceptors (Lipinski definition) is 10. The molecule has 0 amide bonds. The summed E-state index contributed by atoms with van der Waals surface area (Å²) in [7, 11) is 1.63. The Hall–Kier alpha value is -3.31. The molecular weight excluding hydrogens is 478 g/mol. The van der Waals surface area contributed by atoms with Gasteiger partial charge in [0, 0.05) is 24.6 Å². The molecule has 2 aromatic heterocycles. The quantitative estimate of drug-likeness (QED) is 0.244. The van der Waals surface area contributed by atoms with Crippen LogP contribution in [0, 0.1) is 12.8 Å². The van der Waals surface area contributed by atoms with Crippen molar-refractivity contribution in [3.8, 4) is 16.3 Å². The molecule has 4 aromatic rings. The Bertz CT molecular complexity index is 1330. The number of benzene rings is 2. The van der Waals surface area contributed by atoms with E-state index in [9.17, 15) is 15.3 Å². The first-order valence-electron chi connectivity index (χ1n) is 11.8. The Morgan fingerprint density at radius 1 is 1.03 bits per heavy atom. The molecule has 0 saturated heterocycles. The second kappa shape index (κ2) is 10.4. The molecule has 5 N–H and O–H groups in total. The second-order valence-electron chi connectivity index (χ2n) is 8.92. The third-order valence-electron chi connectivity index (χ3n) is 6.59. The molecule has 0 radical (unpaired) electrons. The molecule has 2 aromatic carbocycles. The highest BCUT2D eigenvalue weighted by atomic mass is 32.1. The van der Waals surface area contributed by atoms with E-state index in [1.165, 1.54) is 0 Å². The Labute approximate surface area is 212 Å². The number of aromatic nitrogens is 3. The van der Waals surface area contributed by atoms with Gasteiger partial charge in [-0.1, -0.05) is 30.3 Å². The lowest BCUT2D eigenvalue weighted by atomic mass is 10.1. The number of nitrogens with one attached hydrogen (secondary N) is 2. The summed E-state index contributed by atoms with van der Waals surface area (Å²) < 4.78 is 6.50. The van der Waals surface area contributed by atoms with Crippen LogP contribution in [0.4, 0.5) is 11.8 Å². The summed E-state index contributed by atoms with van der Waals surface area (Å²) in [4.78, 5) is 14.3. The zero-order valence-electron chi connectivity index (χ0n) is 20.0. The highest BCUT2D eigenvalue weighted by Crippen LogP contribution is 2.38. The molecule has 1 aliphatic rings. The molecule has 1 fully saturated rings. The van der Waals surface area contributed by atoms with Crippen molar-refractivity contribution in [3.05, 3.63) is 59.8 Å². The number of rotatable bonds is 8. The molecule has 2 heterocycles. The standard InChI is InChI=1S/C26H29N5O4S/c1-14-21(25-30-17-8-4-6-10-20(17)36-25)24(29-18-11-16(13-32)22(33)23(18)34)31-26(28-14)27-12-15-7-3-5-9-19(15)35-2/h3-10,16,18,22-23,32-34H,11-13H2,1-2H3,(H2,27,28,29,31)/t16-,18-,22-,23+/m1/s1. The monoisotopic (exact) mass is 507 g/mol. The van der Waals surface area contributed by atoms with Gasteiger partial charge in [-0.2, -0.15) is 4.98 Å². The summed E-state index contributed by atoms with van der Waals surface area (Å²) in [6.07, 6.45) is -1.64. The maximum Gasteiger partial charge on any atom is 0.225 e. The number of fused-ring (bicyclic) bond motifs is 1. The van der Waals surface area contributed by atoms with Crippen molar-refractivity contribution in [2.45, 2.75) is 38.1 Å². The number of aliphatic hydroxyl groups is 3. The van der Waals surface area contributed by atoms with Crippen LogP contribution in [0.3, 0.4) is 0 Å². The van der Waals surface area contributed by atoms with Crippen molar-refractivity contribution in [1.29, 1.82) is 0 Å². The summed E-state index contributed by atoms with van der Waals surface area (Å²) >= 11 is 1.54. The molecule has 9 nitrogen and oxygen atoms in total. The Morgan fingerprint density at radius 2 is 1.81 bits per heavy atom. The molecule has 0 unspecified atom stereocenters. The minimum absolute atomic E-state index is 0.199. The van der Waals surface area contributed by atoms with Gasteiger partial charge in [-0.3, -0.25) is 0 Å². The minimum Gasteiger partial charge on any atom is -0.496 e. The van der Waals surface area contributed by atoms with Crippen LogP contribution < -0.4 is 15.4 Å². The first kappa shape index (κ1) is 24.4. The van der Waals surface area contributed by atoms with Crippen LogP contribution in [0.15, 0.2) is 48.5 Å². The maximum absolute atomic E-state index is 10.6. The summed E-state index contributed by atoms with van der Waals surface area (Å²) in [6.45, 7) is 2.16. The largest absolute Gasteiger partial charge is 0.496 e. The van der Waals surface area contributed by atoms with E-state index in [0.717, 1.165) is 37.8 Å². The molecular formula is C26H29N5O4S. The van der Waals surface area contributed by atoms with Gasteiger partial charge in [-0.05, 0) is 31.5 Å². The number of para-hydroxylation sites is 2.